The Morgan fingerprint density at radius 2 is 1.93 bits per heavy atom. The second kappa shape index (κ2) is 8.45. The second-order valence-electron chi connectivity index (χ2n) is 5.82. The minimum atomic E-state index is -1.19. The van der Waals surface area contributed by atoms with E-state index in [0.717, 1.165) is 6.07 Å². The van der Waals surface area contributed by atoms with Gasteiger partial charge in [0.2, 0.25) is 0 Å². The molecule has 0 atom stereocenters. The second-order valence-corrected chi connectivity index (χ2v) is 5.82. The first-order valence-electron chi connectivity index (χ1n) is 8.33. The van der Waals surface area contributed by atoms with Gasteiger partial charge in [-0.05, 0) is 17.7 Å². The van der Waals surface area contributed by atoms with Crippen LogP contribution in [0, 0.1) is 15.9 Å². The Balaban J connectivity index is 1.75. The van der Waals surface area contributed by atoms with Crippen molar-refractivity contribution < 1.29 is 23.7 Å². The maximum absolute atomic E-state index is 14.5. The first kappa shape index (κ1) is 18.6. The van der Waals surface area contributed by atoms with E-state index in [-0.39, 0.29) is 17.3 Å². The summed E-state index contributed by atoms with van der Waals surface area (Å²) < 4.78 is 24.7. The van der Waals surface area contributed by atoms with Crippen LogP contribution in [0.15, 0.2) is 48.5 Å². The Hall–Kier alpha value is -3.20. The summed E-state index contributed by atoms with van der Waals surface area (Å²) in [7, 11) is 0. The number of amides is 1. The summed E-state index contributed by atoms with van der Waals surface area (Å²) in [6.07, 6.45) is -1.19. The van der Waals surface area contributed by atoms with Crippen LogP contribution in [0.25, 0.3) is 0 Å². The number of ether oxygens (including phenoxy) is 2. The number of hydrogen-bond acceptors (Lipinski definition) is 6. The molecule has 8 nitrogen and oxygen atoms in total. The normalized spacial score (nSPS) is 13.9. The number of halogens is 1. The van der Waals surface area contributed by atoms with Crippen molar-refractivity contribution in [1.82, 2.24) is 0 Å². The highest BCUT2D eigenvalue weighted by molar-refractivity contribution is 5.85. The molecule has 2 aromatic carbocycles. The van der Waals surface area contributed by atoms with Gasteiger partial charge in [-0.1, -0.05) is 30.3 Å². The van der Waals surface area contributed by atoms with E-state index < -0.39 is 16.9 Å². The Bertz CT molecular complexity index is 812. The van der Waals surface area contributed by atoms with Gasteiger partial charge in [0.1, 0.15) is 18.1 Å². The first-order valence-corrected chi connectivity index (χ1v) is 8.33. The predicted molar refractivity (Wildman–Crippen MR) is 95.5 cm³/mol. The fraction of sp³-hybridized carbons (Fsp3) is 0.278. The van der Waals surface area contributed by atoms with E-state index in [1.807, 2.05) is 0 Å². The molecule has 2 aromatic rings. The summed E-state index contributed by atoms with van der Waals surface area (Å²) in [6.45, 7) is 1.88. The van der Waals surface area contributed by atoms with Gasteiger partial charge < -0.3 is 14.4 Å². The van der Waals surface area contributed by atoms with Gasteiger partial charge in [-0.2, -0.15) is 0 Å². The molecular formula is C18H18FN3O5. The quantitative estimate of drug-likeness (QED) is 0.590. The van der Waals surface area contributed by atoms with Crippen LogP contribution in [0.2, 0.25) is 0 Å². The van der Waals surface area contributed by atoms with Crippen LogP contribution in [-0.4, -0.2) is 37.4 Å². The van der Waals surface area contributed by atoms with Crippen LogP contribution >= 0.6 is 0 Å². The first-order chi connectivity index (χ1) is 13.1. The number of anilines is 2. The van der Waals surface area contributed by atoms with Gasteiger partial charge in [0, 0.05) is 24.2 Å². The third kappa shape index (κ3) is 4.50. The highest BCUT2D eigenvalue weighted by Crippen LogP contribution is 2.26. The van der Waals surface area contributed by atoms with E-state index in [1.54, 1.807) is 35.2 Å². The Kier molecular flexibility index (Phi) is 5.82. The summed E-state index contributed by atoms with van der Waals surface area (Å²) in [5.74, 6) is -0.655. The van der Waals surface area contributed by atoms with Crippen LogP contribution in [-0.2, 0) is 16.1 Å². The lowest BCUT2D eigenvalue weighted by atomic mass is 10.2. The molecule has 0 N–H and O–H groups in total. The van der Waals surface area contributed by atoms with Crippen LogP contribution in [0.4, 0.5) is 20.6 Å². The Labute approximate surface area is 154 Å². The zero-order chi connectivity index (χ0) is 19.2. The summed E-state index contributed by atoms with van der Waals surface area (Å²) in [5.41, 5.74) is 0.776. The molecule has 3 rings (SSSR count). The van der Waals surface area contributed by atoms with Crippen LogP contribution in [0.3, 0.4) is 0 Å². The molecule has 1 amide bonds. The number of carbonyl (C=O) groups excluding carboxylic acids is 1. The zero-order valence-electron chi connectivity index (χ0n) is 14.4. The largest absolute Gasteiger partial charge is 0.473 e. The monoisotopic (exact) mass is 375 g/mol. The minimum Gasteiger partial charge on any atom is -0.441 e. The Morgan fingerprint density at radius 3 is 2.56 bits per heavy atom. The molecule has 0 saturated carbocycles. The molecule has 0 radical (unpaired) electrons. The average molecular weight is 375 g/mol. The van der Waals surface area contributed by atoms with Gasteiger partial charge in [-0.15, -0.1) is 0 Å². The van der Waals surface area contributed by atoms with Gasteiger partial charge in [0.05, 0.1) is 18.9 Å². The molecule has 0 bridgehead atoms. The highest BCUT2D eigenvalue weighted by atomic mass is 19.1. The molecule has 0 aromatic heterocycles. The molecule has 142 valence electrons. The molecule has 1 saturated heterocycles. The Morgan fingerprint density at radius 1 is 1.22 bits per heavy atom. The van der Waals surface area contributed by atoms with E-state index in [4.69, 9.17) is 9.47 Å². The standard InChI is InChI=1S/C18H18FN3O5/c19-16-12-15(6-7-17(16)20-8-10-26-11-9-20)21(22(24)25)18(23)27-13-14-4-2-1-3-5-14/h1-7,12H,8-11,13H2. The third-order valence-corrected chi connectivity index (χ3v) is 4.07. The number of rotatable bonds is 5. The van der Waals surface area contributed by atoms with E-state index in [9.17, 15) is 19.3 Å². The zero-order valence-corrected chi connectivity index (χ0v) is 14.4. The van der Waals surface area contributed by atoms with Gasteiger partial charge in [0.15, 0.2) is 5.03 Å². The lowest BCUT2D eigenvalue weighted by molar-refractivity contribution is -0.483. The van der Waals surface area contributed by atoms with E-state index in [2.05, 4.69) is 0 Å². The molecule has 0 unspecified atom stereocenters. The summed E-state index contributed by atoms with van der Waals surface area (Å²) in [6, 6.07) is 12.5. The van der Waals surface area contributed by atoms with Crippen molar-refractivity contribution in [3.8, 4) is 0 Å². The molecular weight excluding hydrogens is 357 g/mol. The van der Waals surface area contributed by atoms with Gasteiger partial charge in [0.25, 0.3) is 0 Å². The van der Waals surface area contributed by atoms with Gasteiger partial charge in [-0.25, -0.2) is 19.3 Å². The topological polar surface area (TPSA) is 85.2 Å². The molecule has 0 spiro atoms. The number of carbonyl (C=O) groups is 1. The van der Waals surface area contributed by atoms with Crippen LogP contribution < -0.4 is 9.91 Å². The number of nitro groups is 1. The molecule has 9 heteroatoms. The van der Waals surface area contributed by atoms with E-state index in [1.165, 1.54) is 12.1 Å². The SMILES string of the molecule is O=C(OCc1ccccc1)N(c1ccc(N2CCOCC2)c(F)c1)[N+](=O)[O-]. The predicted octanol–water partition coefficient (Wildman–Crippen LogP) is 3.00. The fourth-order valence-corrected chi connectivity index (χ4v) is 2.74. The number of hydrogen-bond donors (Lipinski definition) is 0. The van der Waals surface area contributed by atoms with Crippen molar-refractivity contribution in [3.63, 3.8) is 0 Å². The van der Waals surface area contributed by atoms with E-state index >= 15 is 0 Å². The van der Waals surface area contributed by atoms with Crippen molar-refractivity contribution in [3.05, 3.63) is 70.0 Å². The number of benzene rings is 2. The smallest absolute Gasteiger partial charge is 0.441 e. The molecule has 1 fully saturated rings. The molecule has 1 aliphatic rings. The summed E-state index contributed by atoms with van der Waals surface area (Å²) in [5, 5.41) is 10.6. The van der Waals surface area contributed by atoms with Crippen molar-refractivity contribution in [2.45, 2.75) is 6.61 Å². The molecule has 0 aliphatic carbocycles. The third-order valence-electron chi connectivity index (χ3n) is 4.07. The average Bonchev–Trinajstić information content (AvgIpc) is 2.68. The lowest BCUT2D eigenvalue weighted by Gasteiger charge is -2.29. The molecule has 1 aliphatic heterocycles. The summed E-state index contributed by atoms with van der Waals surface area (Å²) in [4.78, 5) is 25.3. The number of hydrazine groups is 1. The van der Waals surface area contributed by atoms with Gasteiger partial charge in [-0.3, -0.25) is 0 Å². The van der Waals surface area contributed by atoms with Crippen molar-refractivity contribution in [2.24, 2.45) is 0 Å². The molecule has 27 heavy (non-hydrogen) atoms. The number of nitrogens with zero attached hydrogens (tertiary/aromatic N) is 3. The minimum absolute atomic E-state index is 0.127. The maximum atomic E-state index is 14.5. The van der Waals surface area contributed by atoms with Crippen molar-refractivity contribution >= 4 is 17.5 Å². The van der Waals surface area contributed by atoms with E-state index in [0.29, 0.717) is 37.6 Å². The van der Waals surface area contributed by atoms with Crippen LogP contribution in [0.1, 0.15) is 5.56 Å². The van der Waals surface area contributed by atoms with Crippen LogP contribution in [0.5, 0.6) is 0 Å². The lowest BCUT2D eigenvalue weighted by Crippen LogP contribution is -2.38. The summed E-state index contributed by atoms with van der Waals surface area (Å²) >= 11 is 0. The van der Waals surface area contributed by atoms with Crippen molar-refractivity contribution in [2.75, 3.05) is 36.2 Å². The fourth-order valence-electron chi connectivity index (χ4n) is 2.74. The van der Waals surface area contributed by atoms with Gasteiger partial charge >= 0.3 is 6.09 Å². The molecule has 1 heterocycles. The number of morpholine rings is 1. The maximum Gasteiger partial charge on any atom is 0.473 e. The highest BCUT2D eigenvalue weighted by Gasteiger charge is 2.30. The van der Waals surface area contributed by atoms with Crippen molar-refractivity contribution in [1.29, 1.82) is 0 Å².